The van der Waals surface area contributed by atoms with Crippen LogP contribution in [0.4, 0.5) is 0 Å². The molecular weight excluding hydrogens is 350 g/mol. The molecule has 0 unspecified atom stereocenters. The van der Waals surface area contributed by atoms with Gasteiger partial charge in [0.25, 0.3) is 5.56 Å². The minimum atomic E-state index is -1.27. The average molecular weight is 369 g/mol. The molecule has 0 amide bonds. The number of benzene rings is 1. The van der Waals surface area contributed by atoms with Gasteiger partial charge < -0.3 is 9.84 Å². The van der Waals surface area contributed by atoms with Crippen LogP contribution in [-0.4, -0.2) is 32.7 Å². The first-order valence-electron chi connectivity index (χ1n) is 8.37. The topological polar surface area (TPSA) is 114 Å². The number of carboxylic acids is 1. The number of aromatic nitrogens is 3. The zero-order chi connectivity index (χ0) is 19.7. The monoisotopic (exact) mass is 369 g/mol. The molecule has 0 radical (unpaired) electrons. The molecule has 0 atom stereocenters. The fourth-order valence-corrected chi connectivity index (χ4v) is 2.89. The summed E-state index contributed by atoms with van der Waals surface area (Å²) in [5, 5.41) is 9.50. The van der Waals surface area contributed by atoms with Gasteiger partial charge in [-0.3, -0.25) is 14.3 Å². The summed E-state index contributed by atoms with van der Waals surface area (Å²) >= 11 is 0. The van der Waals surface area contributed by atoms with Crippen LogP contribution in [0.1, 0.15) is 24.2 Å². The number of ether oxygens (including phenoxy) is 1. The van der Waals surface area contributed by atoms with Gasteiger partial charge in [0.05, 0.1) is 23.8 Å². The van der Waals surface area contributed by atoms with E-state index in [0.717, 1.165) is 0 Å². The molecule has 1 aromatic carbocycles. The molecule has 8 heteroatoms. The van der Waals surface area contributed by atoms with Gasteiger partial charge in [-0.2, -0.15) is 0 Å². The predicted octanol–water partition coefficient (Wildman–Crippen LogP) is 2.11. The second-order valence-corrected chi connectivity index (χ2v) is 6.55. The quantitative estimate of drug-likeness (QED) is 0.712. The van der Waals surface area contributed by atoms with E-state index in [9.17, 15) is 19.5 Å². The van der Waals surface area contributed by atoms with E-state index in [-0.39, 0.29) is 22.5 Å². The van der Waals surface area contributed by atoms with E-state index in [2.05, 4.69) is 9.97 Å². The summed E-state index contributed by atoms with van der Waals surface area (Å²) in [4.78, 5) is 43.0. The van der Waals surface area contributed by atoms with Crippen LogP contribution >= 0.6 is 0 Å². The molecule has 3 rings (SSSR count). The number of pyridine rings is 1. The van der Waals surface area contributed by atoms with Crippen LogP contribution in [-0.2, 0) is 6.54 Å². The Morgan fingerprint density at radius 2 is 1.93 bits per heavy atom. The molecule has 27 heavy (non-hydrogen) atoms. The molecular formula is C19H19N3O5. The Kier molecular flexibility index (Phi) is 4.81. The normalized spacial score (nSPS) is 11.1. The second kappa shape index (κ2) is 7.06. The number of hydrogen-bond donors (Lipinski definition) is 2. The Balaban J connectivity index is 2.38. The van der Waals surface area contributed by atoms with Gasteiger partial charge in [0.2, 0.25) is 0 Å². The number of nitrogens with zero attached hydrogens (tertiary/aromatic N) is 2. The molecule has 0 spiro atoms. The molecule has 3 aromatic rings. The molecule has 0 bridgehead atoms. The van der Waals surface area contributed by atoms with Crippen LogP contribution in [0.5, 0.6) is 5.75 Å². The largest absolute Gasteiger partial charge is 0.497 e. The summed E-state index contributed by atoms with van der Waals surface area (Å²) in [5.41, 5.74) is -0.528. The molecule has 0 saturated carbocycles. The first-order chi connectivity index (χ1) is 12.8. The number of fused-ring (bicyclic) bond motifs is 1. The SMILES string of the molecule is COc1ccc(-c2cc(C(=O)O)c3c(=O)[nH]c(=O)n(CC(C)C)c3n2)cc1. The Morgan fingerprint density at radius 1 is 1.26 bits per heavy atom. The first-order valence-corrected chi connectivity index (χ1v) is 8.37. The average Bonchev–Trinajstić information content (AvgIpc) is 2.63. The highest BCUT2D eigenvalue weighted by Gasteiger charge is 2.20. The molecule has 2 N–H and O–H groups in total. The Morgan fingerprint density at radius 3 is 2.48 bits per heavy atom. The van der Waals surface area contributed by atoms with Gasteiger partial charge in [0.15, 0.2) is 5.65 Å². The number of aromatic amines is 1. The van der Waals surface area contributed by atoms with Crippen molar-refractivity contribution in [1.82, 2.24) is 14.5 Å². The van der Waals surface area contributed by atoms with Crippen molar-refractivity contribution in [1.29, 1.82) is 0 Å². The predicted molar refractivity (Wildman–Crippen MR) is 100 cm³/mol. The van der Waals surface area contributed by atoms with Crippen LogP contribution in [0.2, 0.25) is 0 Å². The van der Waals surface area contributed by atoms with Crippen molar-refractivity contribution < 1.29 is 14.6 Å². The van der Waals surface area contributed by atoms with Crippen molar-refractivity contribution in [3.05, 3.63) is 56.7 Å². The van der Waals surface area contributed by atoms with Crippen LogP contribution < -0.4 is 16.0 Å². The molecule has 8 nitrogen and oxygen atoms in total. The smallest absolute Gasteiger partial charge is 0.336 e. The molecule has 140 valence electrons. The van der Waals surface area contributed by atoms with Crippen molar-refractivity contribution in [3.8, 4) is 17.0 Å². The molecule has 2 aromatic heterocycles. The van der Waals surface area contributed by atoms with E-state index < -0.39 is 17.2 Å². The third kappa shape index (κ3) is 3.46. The summed E-state index contributed by atoms with van der Waals surface area (Å²) < 4.78 is 6.43. The lowest BCUT2D eigenvalue weighted by Crippen LogP contribution is -2.33. The zero-order valence-electron chi connectivity index (χ0n) is 15.1. The molecule has 0 fully saturated rings. The zero-order valence-corrected chi connectivity index (χ0v) is 15.1. The lowest BCUT2D eigenvalue weighted by molar-refractivity contribution is 0.0699. The van der Waals surface area contributed by atoms with Crippen LogP contribution in [0.15, 0.2) is 39.9 Å². The van der Waals surface area contributed by atoms with Crippen molar-refractivity contribution >= 4 is 17.0 Å². The van der Waals surface area contributed by atoms with E-state index in [4.69, 9.17) is 4.74 Å². The molecule has 0 aliphatic rings. The second-order valence-electron chi connectivity index (χ2n) is 6.55. The number of aromatic carboxylic acids is 1. The maximum Gasteiger partial charge on any atom is 0.336 e. The van der Waals surface area contributed by atoms with Crippen molar-refractivity contribution in [2.45, 2.75) is 20.4 Å². The van der Waals surface area contributed by atoms with Crippen molar-refractivity contribution in [2.24, 2.45) is 5.92 Å². The van der Waals surface area contributed by atoms with E-state index in [1.54, 1.807) is 31.4 Å². The molecule has 0 saturated heterocycles. The van der Waals surface area contributed by atoms with Crippen molar-refractivity contribution in [3.63, 3.8) is 0 Å². The van der Waals surface area contributed by atoms with Gasteiger partial charge in [0.1, 0.15) is 5.75 Å². The molecule has 0 aliphatic heterocycles. The minimum absolute atomic E-state index is 0.0585. The third-order valence-electron chi connectivity index (χ3n) is 4.11. The summed E-state index contributed by atoms with van der Waals surface area (Å²) in [6.07, 6.45) is 0. The van der Waals surface area contributed by atoms with Gasteiger partial charge in [-0.25, -0.2) is 14.6 Å². The van der Waals surface area contributed by atoms with E-state index in [1.165, 1.54) is 10.6 Å². The van der Waals surface area contributed by atoms with Gasteiger partial charge in [-0.1, -0.05) is 13.8 Å². The summed E-state index contributed by atoms with van der Waals surface area (Å²) in [6.45, 7) is 4.12. The number of nitrogens with one attached hydrogen (secondary N) is 1. The Bertz CT molecular complexity index is 1130. The van der Waals surface area contributed by atoms with Crippen LogP contribution in [0.25, 0.3) is 22.3 Å². The van der Waals surface area contributed by atoms with Gasteiger partial charge in [0, 0.05) is 12.1 Å². The number of carbonyl (C=O) groups is 1. The number of rotatable bonds is 5. The van der Waals surface area contributed by atoms with Crippen LogP contribution in [0, 0.1) is 5.92 Å². The highest BCUT2D eigenvalue weighted by Crippen LogP contribution is 2.25. The highest BCUT2D eigenvalue weighted by molar-refractivity contribution is 6.02. The number of H-pyrrole nitrogens is 1. The standard InChI is InChI=1S/C19H19N3O5/c1-10(2)9-22-16-15(17(23)21-19(22)26)13(18(24)25)8-14(20-16)11-4-6-12(27-3)7-5-11/h4-8,10H,9H2,1-3H3,(H,24,25)(H,21,23,26). The number of hydrogen-bond acceptors (Lipinski definition) is 5. The lowest BCUT2D eigenvalue weighted by atomic mass is 10.1. The molecule has 2 heterocycles. The highest BCUT2D eigenvalue weighted by atomic mass is 16.5. The summed E-state index contributed by atoms with van der Waals surface area (Å²) in [7, 11) is 1.54. The van der Waals surface area contributed by atoms with E-state index >= 15 is 0 Å². The lowest BCUT2D eigenvalue weighted by Gasteiger charge is -2.13. The van der Waals surface area contributed by atoms with Crippen molar-refractivity contribution in [2.75, 3.05) is 7.11 Å². The van der Waals surface area contributed by atoms with Gasteiger partial charge in [-0.05, 0) is 36.2 Å². The molecule has 0 aliphatic carbocycles. The maximum absolute atomic E-state index is 12.3. The fraction of sp³-hybridized carbons (Fsp3) is 0.263. The van der Waals surface area contributed by atoms with Crippen LogP contribution in [0.3, 0.4) is 0 Å². The van der Waals surface area contributed by atoms with Gasteiger partial charge in [-0.15, -0.1) is 0 Å². The third-order valence-corrected chi connectivity index (χ3v) is 4.11. The van der Waals surface area contributed by atoms with E-state index in [0.29, 0.717) is 23.6 Å². The maximum atomic E-state index is 12.3. The summed E-state index contributed by atoms with van der Waals surface area (Å²) in [5.74, 6) is -0.528. The Hall–Kier alpha value is -3.42. The fourth-order valence-electron chi connectivity index (χ4n) is 2.89. The summed E-state index contributed by atoms with van der Waals surface area (Å²) in [6, 6.07) is 8.25. The number of carboxylic acid groups (broad SMARTS) is 1. The van der Waals surface area contributed by atoms with Gasteiger partial charge >= 0.3 is 11.7 Å². The Labute approximate surface area is 154 Å². The van der Waals surface area contributed by atoms with E-state index in [1.807, 2.05) is 13.8 Å². The number of methoxy groups -OCH3 is 1. The minimum Gasteiger partial charge on any atom is -0.497 e. The first kappa shape index (κ1) is 18.4.